The quantitative estimate of drug-likeness (QED) is 0.554. The zero-order chi connectivity index (χ0) is 17.3. The summed E-state index contributed by atoms with van der Waals surface area (Å²) in [6, 6.07) is 13.3. The highest BCUT2D eigenvalue weighted by Gasteiger charge is 2.34. The van der Waals surface area contributed by atoms with E-state index < -0.39 is 8.07 Å². The molecule has 0 N–H and O–H groups in total. The largest absolute Gasteiger partial charge is 0.489 e. The Balaban J connectivity index is 2.06. The van der Waals surface area contributed by atoms with Gasteiger partial charge >= 0.3 is 0 Å². The summed E-state index contributed by atoms with van der Waals surface area (Å²) in [4.78, 5) is 0. The molecule has 2 aromatic carbocycles. The molecule has 0 aliphatic heterocycles. The zero-order valence-corrected chi connectivity index (χ0v) is 16.1. The van der Waals surface area contributed by atoms with E-state index in [1.807, 2.05) is 6.08 Å². The highest BCUT2D eigenvalue weighted by Crippen LogP contribution is 2.33. The molecule has 1 nitrogen and oxygen atoms in total. The second-order valence-corrected chi connectivity index (χ2v) is 11.7. The smallest absolute Gasteiger partial charge is 0.122 e. The molecule has 0 aromatic heterocycles. The summed E-state index contributed by atoms with van der Waals surface area (Å²) in [6.07, 6.45) is 5.31. The van der Waals surface area contributed by atoms with Gasteiger partial charge in [0.05, 0.1) is 0 Å². The van der Waals surface area contributed by atoms with Crippen LogP contribution < -0.4 is 9.92 Å². The molecular formula is C22H26OSi. The summed E-state index contributed by atoms with van der Waals surface area (Å²) in [5.41, 5.74) is 5.37. The summed E-state index contributed by atoms with van der Waals surface area (Å²) in [6.45, 7) is 13.6. The summed E-state index contributed by atoms with van der Waals surface area (Å²) in [7, 11) is -1.80. The fourth-order valence-corrected chi connectivity index (χ4v) is 6.53. The Hall–Kier alpha value is -2.06. The van der Waals surface area contributed by atoms with Crippen LogP contribution in [-0.4, -0.2) is 14.7 Å². The van der Waals surface area contributed by atoms with E-state index in [-0.39, 0.29) is 0 Å². The Labute approximate surface area is 146 Å². The lowest BCUT2D eigenvalue weighted by Gasteiger charge is -2.28. The molecule has 0 atom stereocenters. The van der Waals surface area contributed by atoms with Gasteiger partial charge < -0.3 is 4.74 Å². The van der Waals surface area contributed by atoms with Crippen molar-refractivity contribution in [2.45, 2.75) is 33.4 Å². The number of rotatable bonds is 5. The number of ether oxygens (including phenoxy) is 1. The van der Waals surface area contributed by atoms with Gasteiger partial charge in [-0.1, -0.05) is 79.0 Å². The third-order valence-corrected chi connectivity index (χ3v) is 8.65. The van der Waals surface area contributed by atoms with E-state index in [0.717, 1.165) is 12.2 Å². The van der Waals surface area contributed by atoms with Crippen LogP contribution in [-0.2, 0) is 6.42 Å². The Morgan fingerprint density at radius 1 is 1.17 bits per heavy atom. The van der Waals surface area contributed by atoms with Crippen LogP contribution in [0.15, 0.2) is 54.2 Å². The lowest BCUT2D eigenvalue weighted by atomic mass is 10.1. The zero-order valence-electron chi connectivity index (χ0n) is 15.1. The van der Waals surface area contributed by atoms with Crippen LogP contribution in [0.1, 0.15) is 22.3 Å². The molecule has 1 aliphatic carbocycles. The van der Waals surface area contributed by atoms with Crippen molar-refractivity contribution in [3.63, 3.8) is 0 Å². The van der Waals surface area contributed by atoms with Gasteiger partial charge in [-0.25, -0.2) is 0 Å². The van der Waals surface area contributed by atoms with E-state index in [1.54, 1.807) is 5.20 Å². The second kappa shape index (κ2) is 6.44. The third kappa shape index (κ3) is 2.99. The first kappa shape index (κ1) is 16.8. The minimum atomic E-state index is -1.80. The van der Waals surface area contributed by atoms with Gasteiger partial charge in [0.2, 0.25) is 0 Å². The fourth-order valence-electron chi connectivity index (χ4n) is 3.61. The summed E-state index contributed by atoms with van der Waals surface area (Å²) >= 11 is 0. The first-order valence-corrected chi connectivity index (χ1v) is 11.6. The maximum absolute atomic E-state index is 6.08. The van der Waals surface area contributed by atoms with Crippen molar-refractivity contribution in [3.05, 3.63) is 76.5 Å². The van der Waals surface area contributed by atoms with E-state index in [0.29, 0.717) is 6.61 Å². The van der Waals surface area contributed by atoms with Crippen LogP contribution in [0.25, 0.3) is 6.08 Å². The number of allylic oxidation sites excluding steroid dienone is 1. The molecule has 3 rings (SSSR count). The average molecular weight is 335 g/mol. The highest BCUT2D eigenvalue weighted by atomic mass is 28.3. The molecule has 0 radical (unpaired) electrons. The van der Waals surface area contributed by atoms with Crippen LogP contribution >= 0.6 is 0 Å². The van der Waals surface area contributed by atoms with Gasteiger partial charge in [0.25, 0.3) is 0 Å². The van der Waals surface area contributed by atoms with Gasteiger partial charge in [-0.2, -0.15) is 0 Å². The van der Waals surface area contributed by atoms with Crippen molar-refractivity contribution in [2.75, 3.05) is 6.61 Å². The van der Waals surface area contributed by atoms with E-state index in [1.165, 1.54) is 27.4 Å². The van der Waals surface area contributed by atoms with Crippen molar-refractivity contribution >= 4 is 19.3 Å². The average Bonchev–Trinajstić information content (AvgIpc) is 2.98. The molecule has 0 spiro atoms. The normalized spacial score (nSPS) is 13.4. The molecule has 24 heavy (non-hydrogen) atoms. The molecular weight excluding hydrogens is 308 g/mol. The lowest BCUT2D eigenvalue weighted by molar-refractivity contribution is 0.363. The van der Waals surface area contributed by atoms with Gasteiger partial charge in [0.1, 0.15) is 20.4 Å². The van der Waals surface area contributed by atoms with Crippen molar-refractivity contribution in [3.8, 4) is 5.75 Å². The third-order valence-electron chi connectivity index (χ3n) is 5.01. The van der Waals surface area contributed by atoms with E-state index in [9.17, 15) is 0 Å². The predicted octanol–water partition coefficient (Wildman–Crippen LogP) is 4.96. The van der Waals surface area contributed by atoms with Crippen molar-refractivity contribution < 1.29 is 4.74 Å². The fraction of sp³-hybridized carbons (Fsp3) is 0.273. The van der Waals surface area contributed by atoms with Gasteiger partial charge in [-0.3, -0.25) is 0 Å². The molecule has 0 saturated heterocycles. The van der Waals surface area contributed by atoms with Gasteiger partial charge in [-0.05, 0) is 42.1 Å². The maximum atomic E-state index is 6.08. The Kier molecular flexibility index (Phi) is 4.51. The van der Waals surface area contributed by atoms with Gasteiger partial charge in [0, 0.05) is 0 Å². The molecule has 0 heterocycles. The SMILES string of the molecule is C=CCOc1c(C)cc(C)cc1[Si](C)(C)C1=Cc2ccccc2C1. The Morgan fingerprint density at radius 3 is 2.62 bits per heavy atom. The molecule has 1 aliphatic rings. The minimum Gasteiger partial charge on any atom is -0.489 e. The van der Waals surface area contributed by atoms with Crippen molar-refractivity contribution in [1.29, 1.82) is 0 Å². The molecule has 2 aromatic rings. The molecule has 0 saturated carbocycles. The van der Waals surface area contributed by atoms with Crippen molar-refractivity contribution in [2.24, 2.45) is 0 Å². The van der Waals surface area contributed by atoms with E-state index in [4.69, 9.17) is 4.74 Å². The summed E-state index contributed by atoms with van der Waals surface area (Å²) in [5, 5.41) is 2.98. The number of fused-ring (bicyclic) bond motifs is 1. The number of aryl methyl sites for hydroxylation is 2. The van der Waals surface area contributed by atoms with Crippen LogP contribution in [0.5, 0.6) is 5.75 Å². The first-order chi connectivity index (χ1) is 11.4. The number of benzene rings is 2. The minimum absolute atomic E-state index is 0.556. The first-order valence-electron chi connectivity index (χ1n) is 8.58. The number of hydrogen-bond donors (Lipinski definition) is 0. The highest BCUT2D eigenvalue weighted by molar-refractivity contribution is 6.96. The molecule has 0 bridgehead atoms. The monoisotopic (exact) mass is 334 g/mol. The Morgan fingerprint density at radius 2 is 1.92 bits per heavy atom. The second-order valence-electron chi connectivity index (χ2n) is 7.23. The molecule has 2 heteroatoms. The van der Waals surface area contributed by atoms with Crippen LogP contribution in [0.2, 0.25) is 13.1 Å². The standard InChI is InChI=1S/C22H26OSi/c1-6-11-23-22-17(3)12-16(2)13-21(22)24(4,5)20-14-18-9-7-8-10-19(18)15-20/h6-10,12-14H,1,11,15H2,2-5H3. The molecule has 124 valence electrons. The topological polar surface area (TPSA) is 9.23 Å². The van der Waals surface area contributed by atoms with Gasteiger partial charge in [-0.15, -0.1) is 0 Å². The molecule has 0 unspecified atom stereocenters. The van der Waals surface area contributed by atoms with E-state index >= 15 is 0 Å². The maximum Gasteiger partial charge on any atom is 0.122 e. The summed E-state index contributed by atoms with van der Waals surface area (Å²) < 4.78 is 6.08. The van der Waals surface area contributed by atoms with E-state index in [2.05, 4.69) is 76.0 Å². The Bertz CT molecular complexity index is 815. The summed E-state index contributed by atoms with van der Waals surface area (Å²) in [5.74, 6) is 1.06. The van der Waals surface area contributed by atoms with Crippen LogP contribution in [0.3, 0.4) is 0 Å². The van der Waals surface area contributed by atoms with Crippen molar-refractivity contribution in [1.82, 2.24) is 0 Å². The van der Waals surface area contributed by atoms with Crippen LogP contribution in [0.4, 0.5) is 0 Å². The predicted molar refractivity (Wildman–Crippen MR) is 107 cm³/mol. The lowest BCUT2D eigenvalue weighted by Crippen LogP contribution is -2.45. The van der Waals surface area contributed by atoms with Gasteiger partial charge in [0.15, 0.2) is 0 Å². The molecule has 0 fully saturated rings. The molecule has 0 amide bonds. The number of hydrogen-bond acceptors (Lipinski definition) is 1. The van der Waals surface area contributed by atoms with Crippen LogP contribution in [0, 0.1) is 13.8 Å².